The minimum Gasteiger partial charge on any atom is -0.300 e. The van der Waals surface area contributed by atoms with Gasteiger partial charge in [-0.1, -0.05) is 18.2 Å². The fourth-order valence-corrected chi connectivity index (χ4v) is 3.41. The largest absolute Gasteiger partial charge is 0.300 e. The maximum atomic E-state index is 12.3. The fourth-order valence-electron chi connectivity index (χ4n) is 2.11. The number of rotatable bonds is 3. The fraction of sp³-hybridized carbons (Fsp3) is 0.462. The van der Waals surface area contributed by atoms with Crippen LogP contribution in [0.5, 0.6) is 0 Å². The number of hydrogen-bond acceptors (Lipinski definition) is 2. The molecule has 1 fully saturated rings. The summed E-state index contributed by atoms with van der Waals surface area (Å²) in [5.74, 6) is 0.260. The Hall–Kier alpha value is -1.00. The third-order valence-electron chi connectivity index (χ3n) is 3.14. The molecular formula is C13H17NO2S. The first-order valence-corrected chi connectivity index (χ1v) is 7.01. The van der Waals surface area contributed by atoms with Gasteiger partial charge in [-0.3, -0.25) is 4.79 Å². The average molecular weight is 251 g/mol. The molecule has 1 aliphatic rings. The highest BCUT2D eigenvalue weighted by Crippen LogP contribution is 2.21. The van der Waals surface area contributed by atoms with Crippen molar-refractivity contribution in [2.75, 3.05) is 13.1 Å². The van der Waals surface area contributed by atoms with Crippen LogP contribution in [0.1, 0.15) is 19.8 Å². The molecule has 0 aromatic heterocycles. The number of piperidine rings is 1. The zero-order valence-corrected chi connectivity index (χ0v) is 10.8. The Bertz CT molecular complexity index is 419. The van der Waals surface area contributed by atoms with Crippen LogP contribution in [0.15, 0.2) is 35.2 Å². The monoisotopic (exact) mass is 251 g/mol. The molecule has 1 aliphatic heterocycles. The van der Waals surface area contributed by atoms with E-state index in [0.717, 1.165) is 24.3 Å². The molecule has 2 atom stereocenters. The van der Waals surface area contributed by atoms with Gasteiger partial charge in [0.2, 0.25) is 0 Å². The van der Waals surface area contributed by atoms with Crippen molar-refractivity contribution >= 4 is 16.8 Å². The molecule has 0 amide bonds. The van der Waals surface area contributed by atoms with Crippen LogP contribution < -0.4 is 0 Å². The molecule has 1 saturated heterocycles. The standard InChI is InChI=1S/C13H17NO2S/c1-11(15)12-6-5-9-14(10-12)17(16)13-7-3-2-4-8-13/h2-4,7-8,12H,5-6,9-10H2,1H3. The molecule has 2 rings (SSSR count). The van der Waals surface area contributed by atoms with Crippen molar-refractivity contribution in [3.63, 3.8) is 0 Å². The zero-order valence-electron chi connectivity index (χ0n) is 9.96. The molecule has 0 aliphatic carbocycles. The second kappa shape index (κ2) is 5.56. The summed E-state index contributed by atoms with van der Waals surface area (Å²) in [5, 5.41) is 0. The first-order valence-electron chi connectivity index (χ1n) is 5.91. The Morgan fingerprint density at radius 2 is 2.06 bits per heavy atom. The highest BCUT2D eigenvalue weighted by atomic mass is 32.2. The molecule has 2 unspecified atom stereocenters. The molecule has 0 spiro atoms. The lowest BCUT2D eigenvalue weighted by atomic mass is 9.96. The number of benzene rings is 1. The van der Waals surface area contributed by atoms with Crippen molar-refractivity contribution in [3.8, 4) is 0 Å². The van der Waals surface area contributed by atoms with E-state index in [1.807, 2.05) is 34.6 Å². The van der Waals surface area contributed by atoms with Crippen molar-refractivity contribution < 1.29 is 9.00 Å². The molecular weight excluding hydrogens is 234 g/mol. The van der Waals surface area contributed by atoms with Crippen LogP contribution in [0.25, 0.3) is 0 Å². The van der Waals surface area contributed by atoms with Crippen molar-refractivity contribution in [2.24, 2.45) is 5.92 Å². The first-order chi connectivity index (χ1) is 8.18. The van der Waals surface area contributed by atoms with Crippen LogP contribution in [-0.2, 0) is 15.8 Å². The van der Waals surface area contributed by atoms with Gasteiger partial charge in [-0.05, 0) is 31.9 Å². The summed E-state index contributed by atoms with van der Waals surface area (Å²) in [7, 11) is -1.13. The van der Waals surface area contributed by atoms with E-state index >= 15 is 0 Å². The number of Topliss-reactive ketones (excluding diaryl/α,β-unsaturated/α-hetero) is 1. The van der Waals surface area contributed by atoms with E-state index in [2.05, 4.69) is 0 Å². The topological polar surface area (TPSA) is 37.4 Å². The van der Waals surface area contributed by atoms with Crippen LogP contribution >= 0.6 is 0 Å². The van der Waals surface area contributed by atoms with Gasteiger partial charge in [0.25, 0.3) is 0 Å². The quantitative estimate of drug-likeness (QED) is 0.824. The summed E-state index contributed by atoms with van der Waals surface area (Å²) in [4.78, 5) is 12.2. The van der Waals surface area contributed by atoms with E-state index in [1.165, 1.54) is 0 Å². The van der Waals surface area contributed by atoms with Crippen molar-refractivity contribution in [2.45, 2.75) is 24.7 Å². The summed E-state index contributed by atoms with van der Waals surface area (Å²) >= 11 is 0. The van der Waals surface area contributed by atoms with Crippen LogP contribution in [0.4, 0.5) is 0 Å². The van der Waals surface area contributed by atoms with E-state index in [4.69, 9.17) is 0 Å². The van der Waals surface area contributed by atoms with Crippen LogP contribution in [0, 0.1) is 5.92 Å². The van der Waals surface area contributed by atoms with Crippen LogP contribution in [-0.4, -0.2) is 27.4 Å². The molecule has 3 nitrogen and oxygen atoms in total. The third kappa shape index (κ3) is 3.01. The second-order valence-corrected chi connectivity index (χ2v) is 5.89. The molecule has 0 bridgehead atoms. The van der Waals surface area contributed by atoms with E-state index in [9.17, 15) is 9.00 Å². The predicted octanol–water partition coefficient (Wildman–Crippen LogP) is 2.01. The lowest BCUT2D eigenvalue weighted by molar-refractivity contribution is -0.121. The molecule has 1 aromatic rings. The van der Waals surface area contributed by atoms with Crippen molar-refractivity contribution in [1.29, 1.82) is 0 Å². The van der Waals surface area contributed by atoms with E-state index in [0.29, 0.717) is 6.54 Å². The van der Waals surface area contributed by atoms with Gasteiger partial charge >= 0.3 is 0 Å². The SMILES string of the molecule is CC(=O)C1CCCN(S(=O)c2ccccc2)C1. The smallest absolute Gasteiger partial charge is 0.134 e. The Morgan fingerprint density at radius 1 is 1.35 bits per heavy atom. The lowest BCUT2D eigenvalue weighted by Crippen LogP contribution is -2.39. The van der Waals surface area contributed by atoms with Gasteiger partial charge in [-0.2, -0.15) is 0 Å². The molecule has 1 heterocycles. The third-order valence-corrected chi connectivity index (χ3v) is 4.61. The molecule has 0 radical (unpaired) electrons. The maximum absolute atomic E-state index is 12.3. The normalized spacial score (nSPS) is 23.2. The number of nitrogens with zero attached hydrogens (tertiary/aromatic N) is 1. The minimum atomic E-state index is -1.13. The van der Waals surface area contributed by atoms with E-state index < -0.39 is 11.0 Å². The number of carbonyl (C=O) groups excluding carboxylic acids is 1. The number of carbonyl (C=O) groups is 1. The Balaban J connectivity index is 2.07. The second-order valence-electron chi connectivity index (χ2n) is 4.40. The van der Waals surface area contributed by atoms with Gasteiger partial charge in [0.1, 0.15) is 16.8 Å². The summed E-state index contributed by atoms with van der Waals surface area (Å²) in [6.45, 7) is 3.06. The Morgan fingerprint density at radius 3 is 2.71 bits per heavy atom. The zero-order chi connectivity index (χ0) is 12.3. The molecule has 92 valence electrons. The predicted molar refractivity (Wildman–Crippen MR) is 67.8 cm³/mol. The average Bonchev–Trinajstić information content (AvgIpc) is 2.39. The van der Waals surface area contributed by atoms with Crippen molar-refractivity contribution in [3.05, 3.63) is 30.3 Å². The van der Waals surface area contributed by atoms with Gasteiger partial charge in [0.05, 0.1) is 4.90 Å². The first kappa shape index (κ1) is 12.5. The van der Waals surface area contributed by atoms with Gasteiger partial charge in [0, 0.05) is 19.0 Å². The maximum Gasteiger partial charge on any atom is 0.134 e. The minimum absolute atomic E-state index is 0.0522. The van der Waals surface area contributed by atoms with Crippen molar-refractivity contribution in [1.82, 2.24) is 4.31 Å². The molecule has 17 heavy (non-hydrogen) atoms. The summed E-state index contributed by atoms with van der Waals surface area (Å²) < 4.78 is 14.2. The van der Waals surface area contributed by atoms with E-state index in [-0.39, 0.29) is 11.7 Å². The summed E-state index contributed by atoms with van der Waals surface area (Å²) in [6, 6.07) is 9.43. The summed E-state index contributed by atoms with van der Waals surface area (Å²) in [5.41, 5.74) is 0. The highest BCUT2D eigenvalue weighted by Gasteiger charge is 2.26. The number of hydrogen-bond donors (Lipinski definition) is 0. The molecule has 1 aromatic carbocycles. The summed E-state index contributed by atoms with van der Waals surface area (Å²) in [6.07, 6.45) is 1.88. The molecule has 0 saturated carbocycles. The van der Waals surface area contributed by atoms with Crippen LogP contribution in [0.3, 0.4) is 0 Å². The Labute approximate surface area is 104 Å². The van der Waals surface area contributed by atoms with Gasteiger partial charge in [0.15, 0.2) is 0 Å². The molecule has 4 heteroatoms. The lowest BCUT2D eigenvalue weighted by Gasteiger charge is -2.30. The highest BCUT2D eigenvalue weighted by molar-refractivity contribution is 7.82. The van der Waals surface area contributed by atoms with Gasteiger partial charge in [-0.15, -0.1) is 0 Å². The number of ketones is 1. The van der Waals surface area contributed by atoms with Gasteiger partial charge < -0.3 is 0 Å². The molecule has 0 N–H and O–H groups in total. The van der Waals surface area contributed by atoms with E-state index in [1.54, 1.807) is 6.92 Å². The Kier molecular flexibility index (Phi) is 4.07. The van der Waals surface area contributed by atoms with Gasteiger partial charge in [-0.25, -0.2) is 8.51 Å². The van der Waals surface area contributed by atoms with Crippen LogP contribution in [0.2, 0.25) is 0 Å².